The fraction of sp³-hybridized carbons (Fsp3) is 0.364. The molecule has 0 saturated heterocycles. The van der Waals surface area contributed by atoms with Crippen molar-refractivity contribution in [3.05, 3.63) is 29.8 Å². The van der Waals surface area contributed by atoms with Crippen molar-refractivity contribution in [2.75, 3.05) is 0 Å². The highest BCUT2D eigenvalue weighted by molar-refractivity contribution is 7.80. The van der Waals surface area contributed by atoms with E-state index in [4.69, 9.17) is 22.7 Å². The average molecular weight is 209 g/mol. The highest BCUT2D eigenvalue weighted by Gasteiger charge is 2.05. The number of thiocarbonyl (C=S) groups is 1. The second-order valence-corrected chi connectivity index (χ2v) is 3.94. The number of hydrogen-bond donors (Lipinski definition) is 1. The maximum atomic E-state index is 5.63. The predicted octanol–water partition coefficient (Wildman–Crippen LogP) is 2.30. The maximum Gasteiger partial charge on any atom is 0.123 e. The van der Waals surface area contributed by atoms with Crippen LogP contribution in [-0.4, -0.2) is 11.1 Å². The topological polar surface area (TPSA) is 35.2 Å². The Labute approximate surface area is 90.1 Å². The van der Waals surface area contributed by atoms with Crippen molar-refractivity contribution in [1.82, 2.24) is 0 Å². The second-order valence-electron chi connectivity index (χ2n) is 3.42. The second kappa shape index (κ2) is 4.96. The zero-order valence-electron chi connectivity index (χ0n) is 8.49. The molecule has 3 heteroatoms. The van der Waals surface area contributed by atoms with Gasteiger partial charge in [0.25, 0.3) is 0 Å². The van der Waals surface area contributed by atoms with Crippen LogP contribution in [0.3, 0.4) is 0 Å². The summed E-state index contributed by atoms with van der Waals surface area (Å²) in [5.41, 5.74) is 6.55. The molecule has 1 aromatic rings. The first kappa shape index (κ1) is 11.0. The molecule has 2 N–H and O–H groups in total. The summed E-state index contributed by atoms with van der Waals surface area (Å²) in [4.78, 5) is 0.491. The van der Waals surface area contributed by atoms with Gasteiger partial charge in [0.1, 0.15) is 5.75 Å². The molecule has 0 fully saturated rings. The van der Waals surface area contributed by atoms with Crippen molar-refractivity contribution in [2.45, 2.75) is 26.4 Å². The largest absolute Gasteiger partial charge is 0.491 e. The summed E-state index contributed by atoms with van der Waals surface area (Å²) in [6.45, 7) is 4.00. The van der Waals surface area contributed by atoms with E-state index >= 15 is 0 Å². The zero-order chi connectivity index (χ0) is 10.6. The molecule has 76 valence electrons. The lowest BCUT2D eigenvalue weighted by Crippen LogP contribution is -2.13. The van der Waals surface area contributed by atoms with Crippen molar-refractivity contribution in [3.63, 3.8) is 0 Å². The predicted molar refractivity (Wildman–Crippen MR) is 62.7 cm³/mol. The molecule has 0 radical (unpaired) electrons. The molecule has 14 heavy (non-hydrogen) atoms. The van der Waals surface area contributed by atoms with Gasteiger partial charge in [-0.15, -0.1) is 0 Å². The van der Waals surface area contributed by atoms with Gasteiger partial charge < -0.3 is 10.5 Å². The summed E-state index contributed by atoms with van der Waals surface area (Å²) in [6, 6.07) is 7.83. The molecule has 1 rings (SSSR count). The minimum atomic E-state index is 0.169. The van der Waals surface area contributed by atoms with Gasteiger partial charge in [-0.05, 0) is 19.9 Å². The van der Waals surface area contributed by atoms with Gasteiger partial charge in [0.05, 0.1) is 11.1 Å². The van der Waals surface area contributed by atoms with E-state index in [2.05, 4.69) is 0 Å². The number of benzene rings is 1. The fourth-order valence-corrected chi connectivity index (χ4v) is 1.36. The summed E-state index contributed by atoms with van der Waals surface area (Å²) < 4.78 is 5.63. The Kier molecular flexibility index (Phi) is 3.89. The van der Waals surface area contributed by atoms with Gasteiger partial charge in [-0.3, -0.25) is 0 Å². The van der Waals surface area contributed by atoms with Crippen LogP contribution in [0, 0.1) is 0 Å². The lowest BCUT2D eigenvalue weighted by molar-refractivity contribution is 0.240. The number of nitrogens with two attached hydrogens (primary N) is 1. The van der Waals surface area contributed by atoms with Crippen LogP contribution in [0.25, 0.3) is 0 Å². The van der Waals surface area contributed by atoms with Crippen LogP contribution >= 0.6 is 12.2 Å². The van der Waals surface area contributed by atoms with E-state index in [1.807, 2.05) is 38.1 Å². The molecular weight excluding hydrogens is 194 g/mol. The minimum Gasteiger partial charge on any atom is -0.491 e. The van der Waals surface area contributed by atoms with Crippen LogP contribution in [0.2, 0.25) is 0 Å². The van der Waals surface area contributed by atoms with Gasteiger partial charge in [0.15, 0.2) is 0 Å². The molecule has 0 amide bonds. The molecule has 0 spiro atoms. The van der Waals surface area contributed by atoms with Crippen molar-refractivity contribution in [1.29, 1.82) is 0 Å². The molecule has 0 atom stereocenters. The maximum absolute atomic E-state index is 5.63. The van der Waals surface area contributed by atoms with E-state index in [1.165, 1.54) is 0 Å². The van der Waals surface area contributed by atoms with E-state index in [0.29, 0.717) is 11.4 Å². The normalized spacial score (nSPS) is 10.2. The fourth-order valence-electron chi connectivity index (χ4n) is 1.21. The first-order valence-corrected chi connectivity index (χ1v) is 5.03. The first-order valence-electron chi connectivity index (χ1n) is 4.62. The van der Waals surface area contributed by atoms with Crippen molar-refractivity contribution in [3.8, 4) is 5.75 Å². The highest BCUT2D eigenvalue weighted by atomic mass is 32.1. The molecule has 0 aliphatic carbocycles. The van der Waals surface area contributed by atoms with Crippen LogP contribution in [0.15, 0.2) is 24.3 Å². The average Bonchev–Trinajstić information content (AvgIpc) is 2.06. The third-order valence-electron chi connectivity index (χ3n) is 1.70. The Morgan fingerprint density at radius 1 is 1.43 bits per heavy atom. The Balaban J connectivity index is 2.85. The summed E-state index contributed by atoms with van der Waals surface area (Å²) in [6.07, 6.45) is 0.764. The van der Waals surface area contributed by atoms with Crippen LogP contribution in [0.4, 0.5) is 0 Å². The van der Waals surface area contributed by atoms with Crippen LogP contribution in [-0.2, 0) is 6.42 Å². The SMILES string of the molecule is CC(C)Oc1ccccc1CC(N)=S. The number of ether oxygens (including phenoxy) is 1. The molecule has 2 nitrogen and oxygen atoms in total. The van der Waals surface area contributed by atoms with E-state index in [0.717, 1.165) is 11.3 Å². The molecule has 0 saturated carbocycles. The number of rotatable bonds is 4. The first-order chi connectivity index (χ1) is 6.59. The van der Waals surface area contributed by atoms with Gasteiger partial charge >= 0.3 is 0 Å². The van der Waals surface area contributed by atoms with E-state index in [-0.39, 0.29) is 6.10 Å². The van der Waals surface area contributed by atoms with Crippen molar-refractivity contribution >= 4 is 17.2 Å². The lowest BCUT2D eigenvalue weighted by Gasteiger charge is -2.13. The summed E-state index contributed by atoms with van der Waals surface area (Å²) >= 11 is 4.87. The van der Waals surface area contributed by atoms with Crippen molar-refractivity contribution < 1.29 is 4.74 Å². The molecule has 0 aliphatic rings. The zero-order valence-corrected chi connectivity index (χ0v) is 9.30. The minimum absolute atomic E-state index is 0.169. The van der Waals surface area contributed by atoms with Gasteiger partial charge in [-0.1, -0.05) is 30.4 Å². The Morgan fingerprint density at radius 2 is 2.07 bits per heavy atom. The smallest absolute Gasteiger partial charge is 0.123 e. The summed E-state index contributed by atoms with van der Waals surface area (Å²) in [5, 5.41) is 0. The van der Waals surface area contributed by atoms with Crippen LogP contribution in [0.5, 0.6) is 5.75 Å². The standard InChI is InChI=1S/C11H15NOS/c1-8(2)13-10-6-4-3-5-9(10)7-11(12)14/h3-6,8H,7H2,1-2H3,(H2,12,14). The highest BCUT2D eigenvalue weighted by Crippen LogP contribution is 2.19. The van der Waals surface area contributed by atoms with Crippen LogP contribution < -0.4 is 10.5 Å². The molecule has 0 unspecified atom stereocenters. The Hall–Kier alpha value is -1.09. The Bertz CT molecular complexity index is 323. The molecule has 0 heterocycles. The molecule has 0 bridgehead atoms. The van der Waals surface area contributed by atoms with Crippen molar-refractivity contribution in [2.24, 2.45) is 5.73 Å². The van der Waals surface area contributed by atoms with E-state index < -0.39 is 0 Å². The van der Waals surface area contributed by atoms with E-state index in [1.54, 1.807) is 0 Å². The summed E-state index contributed by atoms with van der Waals surface area (Å²) in [5.74, 6) is 0.871. The van der Waals surface area contributed by atoms with Gasteiger partial charge in [-0.2, -0.15) is 0 Å². The molecule has 1 aromatic carbocycles. The third kappa shape index (κ3) is 3.34. The molecule has 0 aromatic heterocycles. The lowest BCUT2D eigenvalue weighted by atomic mass is 10.1. The van der Waals surface area contributed by atoms with E-state index in [9.17, 15) is 0 Å². The van der Waals surface area contributed by atoms with Gasteiger partial charge in [-0.25, -0.2) is 0 Å². The molecular formula is C11H15NOS. The van der Waals surface area contributed by atoms with Gasteiger partial charge in [0.2, 0.25) is 0 Å². The number of para-hydroxylation sites is 1. The molecule has 0 aliphatic heterocycles. The van der Waals surface area contributed by atoms with Crippen LogP contribution in [0.1, 0.15) is 19.4 Å². The number of hydrogen-bond acceptors (Lipinski definition) is 2. The Morgan fingerprint density at radius 3 is 2.64 bits per heavy atom. The third-order valence-corrected chi connectivity index (χ3v) is 1.84. The van der Waals surface area contributed by atoms with Gasteiger partial charge in [0, 0.05) is 12.0 Å². The monoisotopic (exact) mass is 209 g/mol. The summed E-state index contributed by atoms with van der Waals surface area (Å²) in [7, 11) is 0. The quantitative estimate of drug-likeness (QED) is 0.773.